The molecule has 0 aromatic heterocycles. The van der Waals surface area contributed by atoms with Crippen LogP contribution in [-0.2, 0) is 22.1 Å². The summed E-state index contributed by atoms with van der Waals surface area (Å²) >= 11 is 0. The van der Waals surface area contributed by atoms with E-state index in [-0.39, 0.29) is 30.6 Å². The number of esters is 1. The molecule has 0 saturated carbocycles. The first kappa shape index (κ1) is 21.7. The van der Waals surface area contributed by atoms with Crippen LogP contribution in [-0.4, -0.2) is 19.7 Å². The summed E-state index contributed by atoms with van der Waals surface area (Å²) in [5, 5.41) is 0. The molecule has 28 heavy (non-hydrogen) atoms. The van der Waals surface area contributed by atoms with Gasteiger partial charge in [0, 0.05) is 6.42 Å². The summed E-state index contributed by atoms with van der Waals surface area (Å²) in [5.41, 5.74) is 0.613. The molecule has 0 unspecified atom stereocenters. The molecule has 0 N–H and O–H groups in total. The summed E-state index contributed by atoms with van der Waals surface area (Å²) in [4.78, 5) is 11.6. The van der Waals surface area contributed by atoms with Crippen LogP contribution in [0.1, 0.15) is 35.6 Å². The fraction of sp³-hybridized carbons (Fsp3) is 0.381. The number of hydrogen-bond acceptors (Lipinski definition) is 3. The number of aryl methyl sites for hydroxylation is 2. The average Bonchev–Trinajstić information content (AvgIpc) is 2.61. The quantitative estimate of drug-likeness (QED) is 0.467. The normalized spacial score (nSPS) is 11.4. The van der Waals surface area contributed by atoms with E-state index >= 15 is 0 Å². The minimum atomic E-state index is -4.86. The molecule has 2 rings (SSSR count). The number of benzene rings is 2. The summed E-state index contributed by atoms with van der Waals surface area (Å²) in [5.74, 6) is -1.43. The van der Waals surface area contributed by atoms with Gasteiger partial charge in [-0.3, -0.25) is 4.79 Å². The summed E-state index contributed by atoms with van der Waals surface area (Å²) in [7, 11) is 1.47. The van der Waals surface area contributed by atoms with Gasteiger partial charge in [0.05, 0.1) is 19.3 Å². The Balaban J connectivity index is 2.63. The maximum Gasteiger partial charge on any atom is 0.419 e. The highest BCUT2D eigenvalue weighted by atomic mass is 19.4. The predicted molar refractivity (Wildman–Crippen MR) is 97.8 cm³/mol. The van der Waals surface area contributed by atoms with Gasteiger partial charge in [-0.25, -0.2) is 4.39 Å². The van der Waals surface area contributed by atoms with Crippen molar-refractivity contribution < 1.29 is 31.8 Å². The predicted octanol–water partition coefficient (Wildman–Crippen LogP) is 5.63. The monoisotopic (exact) mass is 398 g/mol. The maximum absolute atomic E-state index is 14.6. The summed E-state index contributed by atoms with van der Waals surface area (Å²) in [6.07, 6.45) is -5.26. The van der Waals surface area contributed by atoms with Crippen LogP contribution in [0.4, 0.5) is 17.6 Å². The van der Waals surface area contributed by atoms with Crippen LogP contribution in [0.5, 0.6) is 5.75 Å². The van der Waals surface area contributed by atoms with Gasteiger partial charge in [0.2, 0.25) is 0 Å². The van der Waals surface area contributed by atoms with Gasteiger partial charge in [0.1, 0.15) is 11.6 Å². The Bertz CT molecular complexity index is 873. The van der Waals surface area contributed by atoms with Crippen molar-refractivity contribution in [2.75, 3.05) is 13.7 Å². The highest BCUT2D eigenvalue weighted by Gasteiger charge is 2.36. The van der Waals surface area contributed by atoms with Gasteiger partial charge in [0.15, 0.2) is 0 Å². The van der Waals surface area contributed by atoms with E-state index in [1.807, 2.05) is 0 Å². The van der Waals surface area contributed by atoms with E-state index in [0.29, 0.717) is 16.9 Å². The zero-order chi connectivity index (χ0) is 21.1. The van der Waals surface area contributed by atoms with Crippen LogP contribution in [0, 0.1) is 19.7 Å². The van der Waals surface area contributed by atoms with Crippen molar-refractivity contribution in [1.29, 1.82) is 0 Å². The molecule has 0 bridgehead atoms. The van der Waals surface area contributed by atoms with Crippen molar-refractivity contribution >= 4 is 5.97 Å². The SMILES string of the molecule is CCOC(=O)CCc1cc(-c2c(C)ccc(OC)c2C)cc(C(F)(F)F)c1F. The summed E-state index contributed by atoms with van der Waals surface area (Å²) < 4.78 is 64.9. The lowest BCUT2D eigenvalue weighted by molar-refractivity contribution is -0.143. The first-order valence-electron chi connectivity index (χ1n) is 8.79. The number of carbonyl (C=O) groups excluding carboxylic acids is 1. The Hall–Kier alpha value is -2.57. The number of carbonyl (C=O) groups is 1. The van der Waals surface area contributed by atoms with Gasteiger partial charge >= 0.3 is 12.1 Å². The van der Waals surface area contributed by atoms with E-state index < -0.39 is 23.5 Å². The van der Waals surface area contributed by atoms with E-state index in [2.05, 4.69) is 0 Å². The molecule has 0 amide bonds. The molecule has 2 aromatic rings. The molecule has 0 spiro atoms. The molecule has 3 nitrogen and oxygen atoms in total. The molecule has 152 valence electrons. The zero-order valence-electron chi connectivity index (χ0n) is 16.2. The molecular formula is C21H22F4O3. The third-order valence-electron chi connectivity index (χ3n) is 4.49. The van der Waals surface area contributed by atoms with Crippen LogP contribution >= 0.6 is 0 Å². The second kappa shape index (κ2) is 8.63. The zero-order valence-corrected chi connectivity index (χ0v) is 16.2. The third kappa shape index (κ3) is 4.64. The van der Waals surface area contributed by atoms with Crippen molar-refractivity contribution in [1.82, 2.24) is 0 Å². The molecule has 0 fully saturated rings. The van der Waals surface area contributed by atoms with Gasteiger partial charge in [-0.1, -0.05) is 6.07 Å². The highest BCUT2D eigenvalue weighted by Crippen LogP contribution is 2.39. The largest absolute Gasteiger partial charge is 0.496 e. The Morgan fingerprint density at radius 2 is 1.82 bits per heavy atom. The Labute approximate surface area is 161 Å². The second-order valence-corrected chi connectivity index (χ2v) is 6.38. The number of alkyl halides is 3. The fourth-order valence-corrected chi connectivity index (χ4v) is 3.18. The lowest BCUT2D eigenvalue weighted by Gasteiger charge is -2.18. The average molecular weight is 398 g/mol. The van der Waals surface area contributed by atoms with E-state index in [4.69, 9.17) is 9.47 Å². The summed E-state index contributed by atoms with van der Waals surface area (Å²) in [6.45, 7) is 5.26. The summed E-state index contributed by atoms with van der Waals surface area (Å²) in [6, 6.07) is 5.62. The second-order valence-electron chi connectivity index (χ2n) is 6.38. The number of hydrogen-bond donors (Lipinski definition) is 0. The van der Waals surface area contributed by atoms with Crippen LogP contribution in [0.15, 0.2) is 24.3 Å². The van der Waals surface area contributed by atoms with Crippen molar-refractivity contribution in [2.45, 2.75) is 39.8 Å². The van der Waals surface area contributed by atoms with Crippen molar-refractivity contribution in [3.63, 3.8) is 0 Å². The molecule has 0 aliphatic carbocycles. The molecule has 0 aliphatic rings. The molecule has 0 saturated heterocycles. The topological polar surface area (TPSA) is 35.5 Å². The molecule has 0 radical (unpaired) electrons. The molecule has 2 aromatic carbocycles. The van der Waals surface area contributed by atoms with Gasteiger partial charge in [-0.15, -0.1) is 0 Å². The molecule has 0 aliphatic heterocycles. The van der Waals surface area contributed by atoms with Crippen molar-refractivity contribution in [3.05, 3.63) is 52.3 Å². The fourth-order valence-electron chi connectivity index (χ4n) is 3.18. The number of ether oxygens (including phenoxy) is 2. The number of methoxy groups -OCH3 is 1. The van der Waals surface area contributed by atoms with Crippen LogP contribution < -0.4 is 4.74 Å². The molecular weight excluding hydrogens is 376 g/mol. The maximum atomic E-state index is 14.6. The third-order valence-corrected chi connectivity index (χ3v) is 4.49. The molecule has 0 atom stereocenters. The smallest absolute Gasteiger partial charge is 0.419 e. The number of halogens is 4. The van der Waals surface area contributed by atoms with E-state index in [1.54, 1.807) is 32.9 Å². The molecule has 0 heterocycles. The molecule has 7 heteroatoms. The Kier molecular flexibility index (Phi) is 6.69. The van der Waals surface area contributed by atoms with Crippen LogP contribution in [0.2, 0.25) is 0 Å². The first-order valence-corrected chi connectivity index (χ1v) is 8.79. The van der Waals surface area contributed by atoms with Crippen molar-refractivity contribution in [2.24, 2.45) is 0 Å². The van der Waals surface area contributed by atoms with Gasteiger partial charge in [-0.05, 0) is 73.2 Å². The minimum absolute atomic E-state index is 0.150. The van der Waals surface area contributed by atoms with E-state index in [9.17, 15) is 22.4 Å². The van der Waals surface area contributed by atoms with Gasteiger partial charge in [-0.2, -0.15) is 13.2 Å². The van der Waals surface area contributed by atoms with Crippen molar-refractivity contribution in [3.8, 4) is 16.9 Å². The standard InChI is InChI=1S/C21H22F4O3/c1-5-28-18(26)9-7-14-10-15(11-16(20(14)22)21(23,24)25)19-12(2)6-8-17(27-4)13(19)3/h6,8,10-11H,5,7,9H2,1-4H3. The lowest BCUT2D eigenvalue weighted by Crippen LogP contribution is -2.12. The Morgan fingerprint density at radius 1 is 1.14 bits per heavy atom. The van der Waals surface area contributed by atoms with Gasteiger partial charge in [0.25, 0.3) is 0 Å². The van der Waals surface area contributed by atoms with Gasteiger partial charge < -0.3 is 9.47 Å². The first-order chi connectivity index (χ1) is 13.1. The number of rotatable bonds is 6. The van der Waals surface area contributed by atoms with Crippen LogP contribution in [0.25, 0.3) is 11.1 Å². The lowest BCUT2D eigenvalue weighted by atomic mass is 9.91. The highest BCUT2D eigenvalue weighted by molar-refractivity contribution is 5.75. The van der Waals surface area contributed by atoms with Crippen LogP contribution in [0.3, 0.4) is 0 Å². The Morgan fingerprint density at radius 3 is 2.39 bits per heavy atom. The van der Waals surface area contributed by atoms with E-state index in [0.717, 1.165) is 11.6 Å². The van der Waals surface area contributed by atoms with E-state index in [1.165, 1.54) is 13.2 Å². The minimum Gasteiger partial charge on any atom is -0.496 e.